The lowest BCUT2D eigenvalue weighted by Crippen LogP contribution is -2.33. The number of hydrazine groups is 1. The van der Waals surface area contributed by atoms with Crippen molar-refractivity contribution in [3.63, 3.8) is 0 Å². The van der Waals surface area contributed by atoms with E-state index in [1.165, 1.54) is 10.9 Å². The van der Waals surface area contributed by atoms with Gasteiger partial charge < -0.3 is 0 Å². The monoisotopic (exact) mass is 243 g/mol. The van der Waals surface area contributed by atoms with Gasteiger partial charge in [-0.05, 0) is 23.6 Å². The van der Waals surface area contributed by atoms with E-state index in [-0.39, 0.29) is 6.04 Å². The van der Waals surface area contributed by atoms with Crippen LogP contribution >= 0.6 is 0 Å². The number of hydrogen-bond donors (Lipinski definition) is 2. The van der Waals surface area contributed by atoms with Gasteiger partial charge in [0.2, 0.25) is 0 Å². The Labute approximate surface area is 108 Å². The second kappa shape index (κ2) is 5.94. The Morgan fingerprint density at radius 3 is 2.67 bits per heavy atom. The maximum absolute atomic E-state index is 5.73. The number of fused-ring (bicyclic) bond motifs is 1. The Morgan fingerprint density at radius 2 is 2.00 bits per heavy atom. The van der Waals surface area contributed by atoms with E-state index in [2.05, 4.69) is 48.5 Å². The van der Waals surface area contributed by atoms with Gasteiger partial charge in [0.1, 0.15) is 0 Å². The first-order valence-corrected chi connectivity index (χ1v) is 6.61. The summed E-state index contributed by atoms with van der Waals surface area (Å²) in [5.74, 6) is 6.28. The average Bonchev–Trinajstić information content (AvgIpc) is 2.44. The van der Waals surface area contributed by atoms with Gasteiger partial charge in [-0.2, -0.15) is 0 Å². The fourth-order valence-corrected chi connectivity index (χ4v) is 2.54. The molecule has 0 bridgehead atoms. The largest absolute Gasteiger partial charge is 0.271 e. The zero-order valence-corrected chi connectivity index (χ0v) is 11.1. The molecule has 1 aromatic heterocycles. The van der Waals surface area contributed by atoms with Crippen molar-refractivity contribution < 1.29 is 0 Å². The lowest BCUT2D eigenvalue weighted by Gasteiger charge is -2.25. The van der Waals surface area contributed by atoms with Gasteiger partial charge in [-0.25, -0.2) is 0 Å². The van der Waals surface area contributed by atoms with E-state index in [1.54, 1.807) is 0 Å². The molecule has 1 heterocycles. The Balaban J connectivity index is 2.39. The Morgan fingerprint density at radius 1 is 1.22 bits per heavy atom. The van der Waals surface area contributed by atoms with Crippen molar-refractivity contribution in [2.45, 2.75) is 32.7 Å². The molecule has 18 heavy (non-hydrogen) atoms. The average molecular weight is 243 g/mol. The molecule has 3 nitrogen and oxygen atoms in total. The van der Waals surface area contributed by atoms with E-state index in [1.807, 2.05) is 12.3 Å². The summed E-state index contributed by atoms with van der Waals surface area (Å²) >= 11 is 0. The standard InChI is InChI=1S/C15H21N3/c1-3-11(4-2)15(18-16)13-8-7-12-6-5-9-17-14(12)10-13/h5-11,15,18H,3-4,16H2,1-2H3. The summed E-state index contributed by atoms with van der Waals surface area (Å²) in [6.07, 6.45) is 4.06. The minimum Gasteiger partial charge on any atom is -0.271 e. The summed E-state index contributed by atoms with van der Waals surface area (Å²) in [7, 11) is 0. The first-order valence-electron chi connectivity index (χ1n) is 6.61. The van der Waals surface area contributed by atoms with E-state index < -0.39 is 0 Å². The van der Waals surface area contributed by atoms with Crippen LogP contribution in [0.2, 0.25) is 0 Å². The normalized spacial score (nSPS) is 13.1. The number of rotatable bonds is 5. The first-order chi connectivity index (χ1) is 8.80. The minimum atomic E-state index is 0.200. The predicted octanol–water partition coefficient (Wildman–Crippen LogP) is 3.18. The van der Waals surface area contributed by atoms with Crippen molar-refractivity contribution in [1.29, 1.82) is 0 Å². The second-order valence-electron chi connectivity index (χ2n) is 4.68. The summed E-state index contributed by atoms with van der Waals surface area (Å²) in [6.45, 7) is 4.41. The molecule has 0 aliphatic rings. The Kier molecular flexibility index (Phi) is 4.28. The molecule has 3 N–H and O–H groups in total. The van der Waals surface area contributed by atoms with Crippen LogP contribution in [0.1, 0.15) is 38.3 Å². The number of benzene rings is 1. The lowest BCUT2D eigenvalue weighted by molar-refractivity contribution is 0.345. The van der Waals surface area contributed by atoms with Crippen LogP contribution in [0, 0.1) is 5.92 Å². The van der Waals surface area contributed by atoms with Gasteiger partial charge in [0.05, 0.1) is 5.52 Å². The molecule has 1 aromatic carbocycles. The van der Waals surface area contributed by atoms with Crippen LogP contribution < -0.4 is 11.3 Å². The highest BCUT2D eigenvalue weighted by Crippen LogP contribution is 2.28. The van der Waals surface area contributed by atoms with Gasteiger partial charge in [0.15, 0.2) is 0 Å². The van der Waals surface area contributed by atoms with E-state index >= 15 is 0 Å². The number of aromatic nitrogens is 1. The molecule has 0 fully saturated rings. The van der Waals surface area contributed by atoms with Crippen LogP contribution in [0.5, 0.6) is 0 Å². The molecule has 0 aliphatic carbocycles. The third-order valence-corrected chi connectivity index (χ3v) is 3.69. The van der Waals surface area contributed by atoms with Crippen molar-refractivity contribution in [2.24, 2.45) is 11.8 Å². The van der Waals surface area contributed by atoms with Crippen molar-refractivity contribution in [3.05, 3.63) is 42.1 Å². The molecule has 0 radical (unpaired) electrons. The quantitative estimate of drug-likeness (QED) is 0.626. The molecular formula is C15H21N3. The third-order valence-electron chi connectivity index (χ3n) is 3.69. The molecule has 1 unspecified atom stereocenters. The fraction of sp³-hybridized carbons (Fsp3) is 0.400. The molecule has 2 aromatic rings. The Hall–Kier alpha value is -1.45. The van der Waals surface area contributed by atoms with Crippen LogP contribution in [-0.2, 0) is 0 Å². The molecule has 2 rings (SSSR count). The molecule has 0 aliphatic heterocycles. The predicted molar refractivity (Wildman–Crippen MR) is 75.9 cm³/mol. The minimum absolute atomic E-state index is 0.200. The van der Waals surface area contributed by atoms with Crippen molar-refractivity contribution >= 4 is 10.9 Å². The SMILES string of the molecule is CCC(CC)C(NN)c1ccc2cccnc2c1. The van der Waals surface area contributed by atoms with Gasteiger partial charge in [-0.1, -0.05) is 44.9 Å². The highest BCUT2D eigenvalue weighted by molar-refractivity contribution is 5.78. The van der Waals surface area contributed by atoms with Crippen molar-refractivity contribution in [1.82, 2.24) is 10.4 Å². The van der Waals surface area contributed by atoms with Gasteiger partial charge in [0, 0.05) is 17.6 Å². The van der Waals surface area contributed by atoms with Crippen LogP contribution in [0.4, 0.5) is 0 Å². The Bertz CT molecular complexity index is 506. The van der Waals surface area contributed by atoms with Crippen LogP contribution in [-0.4, -0.2) is 4.98 Å². The first kappa shape index (κ1) is 13.0. The molecule has 3 heteroatoms. The molecule has 96 valence electrons. The molecule has 0 saturated carbocycles. The molecule has 1 atom stereocenters. The van der Waals surface area contributed by atoms with E-state index in [0.717, 1.165) is 18.4 Å². The summed E-state index contributed by atoms with van der Waals surface area (Å²) in [5.41, 5.74) is 5.21. The fourth-order valence-electron chi connectivity index (χ4n) is 2.54. The summed E-state index contributed by atoms with van der Waals surface area (Å²) in [6, 6.07) is 10.6. The number of hydrogen-bond acceptors (Lipinski definition) is 3. The molecule has 0 amide bonds. The van der Waals surface area contributed by atoms with Crippen molar-refractivity contribution in [3.8, 4) is 0 Å². The zero-order valence-electron chi connectivity index (χ0n) is 11.1. The highest BCUT2D eigenvalue weighted by Gasteiger charge is 2.19. The van der Waals surface area contributed by atoms with Crippen LogP contribution in [0.15, 0.2) is 36.5 Å². The summed E-state index contributed by atoms with van der Waals surface area (Å²) in [5, 5.41) is 1.17. The van der Waals surface area contributed by atoms with Crippen LogP contribution in [0.3, 0.4) is 0 Å². The number of nitrogens with two attached hydrogens (primary N) is 1. The van der Waals surface area contributed by atoms with E-state index in [4.69, 9.17) is 5.84 Å². The number of pyridine rings is 1. The highest BCUT2D eigenvalue weighted by atomic mass is 15.2. The van der Waals surface area contributed by atoms with Gasteiger partial charge >= 0.3 is 0 Å². The smallest absolute Gasteiger partial charge is 0.0705 e. The molecule has 0 saturated heterocycles. The second-order valence-corrected chi connectivity index (χ2v) is 4.68. The number of nitrogens with zero attached hydrogens (tertiary/aromatic N) is 1. The number of nitrogens with one attached hydrogen (secondary N) is 1. The topological polar surface area (TPSA) is 50.9 Å². The van der Waals surface area contributed by atoms with Gasteiger partial charge in [-0.15, -0.1) is 0 Å². The van der Waals surface area contributed by atoms with E-state index in [0.29, 0.717) is 5.92 Å². The van der Waals surface area contributed by atoms with Crippen LogP contribution in [0.25, 0.3) is 10.9 Å². The maximum Gasteiger partial charge on any atom is 0.0705 e. The molecule has 0 spiro atoms. The summed E-state index contributed by atoms with van der Waals surface area (Å²) < 4.78 is 0. The lowest BCUT2D eigenvalue weighted by atomic mass is 9.89. The maximum atomic E-state index is 5.73. The summed E-state index contributed by atoms with van der Waals surface area (Å²) in [4.78, 5) is 4.40. The zero-order chi connectivity index (χ0) is 13.0. The molecular weight excluding hydrogens is 222 g/mol. The van der Waals surface area contributed by atoms with Gasteiger partial charge in [-0.3, -0.25) is 16.3 Å². The van der Waals surface area contributed by atoms with E-state index in [9.17, 15) is 0 Å². The third kappa shape index (κ3) is 2.52. The van der Waals surface area contributed by atoms with Crippen molar-refractivity contribution in [2.75, 3.05) is 0 Å². The van der Waals surface area contributed by atoms with Gasteiger partial charge in [0.25, 0.3) is 0 Å².